The van der Waals surface area contributed by atoms with Crippen LogP contribution in [0.15, 0.2) is 12.1 Å². The van der Waals surface area contributed by atoms with Gasteiger partial charge >= 0.3 is 0 Å². The van der Waals surface area contributed by atoms with E-state index in [9.17, 15) is 5.11 Å². The summed E-state index contributed by atoms with van der Waals surface area (Å²) in [5.41, 5.74) is 6.09. The van der Waals surface area contributed by atoms with Crippen LogP contribution in [0.1, 0.15) is 36.1 Å². The average molecular weight is 256 g/mol. The number of nitrogens with zero attached hydrogens (tertiary/aromatic N) is 1. The highest BCUT2D eigenvalue weighted by Gasteiger charge is 2.22. The third kappa shape index (κ3) is 4.39. The van der Waals surface area contributed by atoms with Gasteiger partial charge in [0.1, 0.15) is 0 Å². The standard InChI is InChI=1S/C13H24N2OS/c1-9(16)7-8-15(4)13(11(3)14)12-6-5-10(2)17-12/h5-6,9,11,13,16H,7-8,14H2,1-4H3. The normalized spacial score (nSPS) is 17.1. The van der Waals surface area contributed by atoms with Crippen molar-refractivity contribution in [3.63, 3.8) is 0 Å². The first-order chi connectivity index (χ1) is 7.91. The third-order valence-corrected chi connectivity index (χ3v) is 4.00. The summed E-state index contributed by atoms with van der Waals surface area (Å²) >= 11 is 1.80. The molecule has 0 amide bonds. The second-order valence-corrected chi connectivity index (χ2v) is 6.19. The Bertz CT molecular complexity index is 336. The van der Waals surface area contributed by atoms with Gasteiger partial charge in [0, 0.05) is 22.3 Å². The lowest BCUT2D eigenvalue weighted by atomic mass is 10.1. The Morgan fingerprint density at radius 3 is 2.47 bits per heavy atom. The Labute approximate surface area is 108 Å². The molecule has 0 bridgehead atoms. The van der Waals surface area contributed by atoms with E-state index in [1.54, 1.807) is 11.3 Å². The zero-order valence-electron chi connectivity index (χ0n) is 11.2. The molecule has 0 spiro atoms. The van der Waals surface area contributed by atoms with Crippen LogP contribution < -0.4 is 5.73 Å². The van der Waals surface area contributed by atoms with Gasteiger partial charge in [0.25, 0.3) is 0 Å². The highest BCUT2D eigenvalue weighted by Crippen LogP contribution is 2.28. The van der Waals surface area contributed by atoms with Crippen LogP contribution in [0.25, 0.3) is 0 Å². The van der Waals surface area contributed by atoms with Crippen molar-refractivity contribution in [2.45, 2.75) is 45.4 Å². The summed E-state index contributed by atoms with van der Waals surface area (Å²) in [7, 11) is 2.07. The number of hydrogen-bond acceptors (Lipinski definition) is 4. The molecule has 3 N–H and O–H groups in total. The number of rotatable bonds is 6. The van der Waals surface area contributed by atoms with E-state index in [4.69, 9.17) is 5.73 Å². The molecule has 98 valence electrons. The van der Waals surface area contributed by atoms with Gasteiger partial charge < -0.3 is 10.8 Å². The van der Waals surface area contributed by atoms with Crippen molar-refractivity contribution in [2.75, 3.05) is 13.6 Å². The molecule has 4 heteroatoms. The van der Waals surface area contributed by atoms with Crippen LogP contribution in [-0.2, 0) is 0 Å². The first-order valence-corrected chi connectivity index (χ1v) is 6.93. The van der Waals surface area contributed by atoms with Crippen molar-refractivity contribution in [1.82, 2.24) is 4.90 Å². The number of aliphatic hydroxyl groups is 1. The predicted octanol–water partition coefficient (Wildman–Crippen LogP) is 2.15. The summed E-state index contributed by atoms with van der Waals surface area (Å²) in [6.45, 7) is 6.84. The largest absolute Gasteiger partial charge is 0.393 e. The number of hydrogen-bond donors (Lipinski definition) is 2. The van der Waals surface area contributed by atoms with Crippen molar-refractivity contribution in [1.29, 1.82) is 0 Å². The number of nitrogens with two attached hydrogens (primary N) is 1. The molecule has 1 aromatic heterocycles. The van der Waals surface area contributed by atoms with Gasteiger partial charge in [-0.1, -0.05) is 0 Å². The van der Waals surface area contributed by atoms with E-state index in [0.29, 0.717) is 0 Å². The molecule has 1 aromatic rings. The van der Waals surface area contributed by atoms with Crippen molar-refractivity contribution >= 4 is 11.3 Å². The van der Waals surface area contributed by atoms with Gasteiger partial charge in [0.15, 0.2) is 0 Å². The molecule has 0 aliphatic carbocycles. The number of aliphatic hydroxyl groups excluding tert-OH is 1. The lowest BCUT2D eigenvalue weighted by Crippen LogP contribution is -2.37. The Balaban J connectivity index is 2.72. The van der Waals surface area contributed by atoms with E-state index in [2.05, 4.69) is 31.0 Å². The Kier molecular flexibility index (Phi) is 5.59. The summed E-state index contributed by atoms with van der Waals surface area (Å²) in [5.74, 6) is 0. The highest BCUT2D eigenvalue weighted by atomic mass is 32.1. The summed E-state index contributed by atoms with van der Waals surface area (Å²) in [5, 5.41) is 9.34. The van der Waals surface area contributed by atoms with Gasteiger partial charge in [-0.05, 0) is 46.4 Å². The van der Waals surface area contributed by atoms with Crippen molar-refractivity contribution in [3.05, 3.63) is 21.9 Å². The van der Waals surface area contributed by atoms with E-state index in [-0.39, 0.29) is 18.2 Å². The molecule has 3 nitrogen and oxygen atoms in total. The molecule has 1 heterocycles. The van der Waals surface area contributed by atoms with Crippen LogP contribution in [0.3, 0.4) is 0 Å². The minimum atomic E-state index is -0.253. The molecule has 0 aromatic carbocycles. The zero-order valence-corrected chi connectivity index (χ0v) is 12.0. The van der Waals surface area contributed by atoms with Gasteiger partial charge in [-0.15, -0.1) is 11.3 Å². The SMILES string of the molecule is Cc1ccc(C(C(C)N)N(C)CCC(C)O)s1. The Morgan fingerprint density at radius 1 is 1.41 bits per heavy atom. The van der Waals surface area contributed by atoms with E-state index >= 15 is 0 Å². The number of likely N-dealkylation sites (N-methyl/N-ethyl adjacent to an activating group) is 1. The molecular formula is C13H24N2OS. The summed E-state index contributed by atoms with van der Waals surface area (Å²) in [4.78, 5) is 4.86. The van der Waals surface area contributed by atoms with Crippen LogP contribution in [-0.4, -0.2) is 35.7 Å². The first-order valence-electron chi connectivity index (χ1n) is 6.12. The van der Waals surface area contributed by atoms with Crippen molar-refractivity contribution in [2.24, 2.45) is 5.73 Å². The molecule has 0 saturated heterocycles. The molecular weight excluding hydrogens is 232 g/mol. The number of aryl methyl sites for hydroxylation is 1. The minimum absolute atomic E-state index is 0.0899. The smallest absolute Gasteiger partial charge is 0.0588 e. The maximum absolute atomic E-state index is 9.34. The molecule has 0 fully saturated rings. The Morgan fingerprint density at radius 2 is 2.06 bits per heavy atom. The van der Waals surface area contributed by atoms with E-state index in [0.717, 1.165) is 13.0 Å². The van der Waals surface area contributed by atoms with Crippen LogP contribution in [0.2, 0.25) is 0 Å². The quantitative estimate of drug-likeness (QED) is 0.820. The first kappa shape index (κ1) is 14.6. The highest BCUT2D eigenvalue weighted by molar-refractivity contribution is 7.12. The van der Waals surface area contributed by atoms with Gasteiger partial charge in [-0.2, -0.15) is 0 Å². The number of thiophene rings is 1. The van der Waals surface area contributed by atoms with Crippen LogP contribution >= 0.6 is 11.3 Å². The molecule has 0 saturated carbocycles. The average Bonchev–Trinajstić information content (AvgIpc) is 2.61. The predicted molar refractivity (Wildman–Crippen MR) is 74.4 cm³/mol. The molecule has 0 aliphatic heterocycles. The fourth-order valence-corrected chi connectivity index (χ4v) is 3.18. The maximum Gasteiger partial charge on any atom is 0.0588 e. The molecule has 0 aliphatic rings. The minimum Gasteiger partial charge on any atom is -0.393 e. The zero-order chi connectivity index (χ0) is 13.0. The van der Waals surface area contributed by atoms with Gasteiger partial charge in [0.05, 0.1) is 12.1 Å². The van der Waals surface area contributed by atoms with Gasteiger partial charge in [-0.25, -0.2) is 0 Å². The third-order valence-electron chi connectivity index (χ3n) is 2.93. The van der Waals surface area contributed by atoms with Gasteiger partial charge in [-0.3, -0.25) is 4.90 Å². The topological polar surface area (TPSA) is 49.5 Å². The van der Waals surface area contributed by atoms with Gasteiger partial charge in [0.2, 0.25) is 0 Å². The van der Waals surface area contributed by atoms with Crippen molar-refractivity contribution in [3.8, 4) is 0 Å². The monoisotopic (exact) mass is 256 g/mol. The van der Waals surface area contributed by atoms with E-state index < -0.39 is 0 Å². The van der Waals surface area contributed by atoms with Crippen molar-refractivity contribution < 1.29 is 5.11 Å². The van der Waals surface area contributed by atoms with E-state index in [1.165, 1.54) is 9.75 Å². The summed E-state index contributed by atoms with van der Waals surface area (Å²) in [6.07, 6.45) is 0.528. The lowest BCUT2D eigenvalue weighted by Gasteiger charge is -2.30. The fraction of sp³-hybridized carbons (Fsp3) is 0.692. The lowest BCUT2D eigenvalue weighted by molar-refractivity contribution is 0.144. The molecule has 17 heavy (non-hydrogen) atoms. The van der Waals surface area contributed by atoms with Crippen LogP contribution in [0.5, 0.6) is 0 Å². The maximum atomic E-state index is 9.34. The fourth-order valence-electron chi connectivity index (χ4n) is 2.02. The second kappa shape index (κ2) is 6.50. The summed E-state index contributed by atoms with van der Waals surface area (Å²) < 4.78 is 0. The molecule has 3 unspecified atom stereocenters. The van der Waals surface area contributed by atoms with E-state index in [1.807, 2.05) is 13.8 Å². The van der Waals surface area contributed by atoms with Crippen LogP contribution in [0.4, 0.5) is 0 Å². The molecule has 0 radical (unpaired) electrons. The second-order valence-electron chi connectivity index (χ2n) is 4.87. The molecule has 3 atom stereocenters. The Hall–Kier alpha value is -0.420. The summed E-state index contributed by atoms with van der Waals surface area (Å²) in [6, 6.07) is 4.63. The molecule has 1 rings (SSSR count). The van der Waals surface area contributed by atoms with Crippen LogP contribution in [0, 0.1) is 6.92 Å².